The van der Waals surface area contributed by atoms with E-state index in [0.717, 1.165) is 38.5 Å². The number of hydrazine groups is 1. The van der Waals surface area contributed by atoms with Gasteiger partial charge in [-0.15, -0.1) is 0 Å². The van der Waals surface area contributed by atoms with Gasteiger partial charge in [0.15, 0.2) is 0 Å². The molecule has 0 saturated carbocycles. The Bertz CT molecular complexity index is 811. The van der Waals surface area contributed by atoms with E-state index < -0.39 is 34.7 Å². The summed E-state index contributed by atoms with van der Waals surface area (Å²) in [5.74, 6) is -2.75. The molecule has 2 amide bonds. The number of non-ortho nitro benzene ring substituents is 1. The first-order chi connectivity index (χ1) is 14.7. The fourth-order valence-corrected chi connectivity index (χ4v) is 2.30. The third-order valence-electron chi connectivity index (χ3n) is 3.63. The van der Waals surface area contributed by atoms with E-state index in [1.165, 1.54) is 13.8 Å². The van der Waals surface area contributed by atoms with Crippen LogP contribution in [0.1, 0.15) is 13.8 Å². The Labute approximate surface area is 176 Å². The van der Waals surface area contributed by atoms with Crippen LogP contribution in [0.2, 0.25) is 0 Å². The molecule has 1 rings (SSSR count). The minimum Gasteiger partial charge on any atom is -0.465 e. The highest BCUT2D eigenvalue weighted by atomic mass is 16.6. The molecule has 0 aliphatic carbocycles. The van der Waals surface area contributed by atoms with E-state index in [1.807, 2.05) is 5.43 Å². The van der Waals surface area contributed by atoms with Crippen LogP contribution in [0.15, 0.2) is 24.3 Å². The van der Waals surface area contributed by atoms with E-state index in [-0.39, 0.29) is 29.6 Å². The van der Waals surface area contributed by atoms with E-state index in [2.05, 4.69) is 14.8 Å². The number of nitrogens with zero attached hydrogens (tertiary/aromatic N) is 2. The van der Waals surface area contributed by atoms with E-state index >= 15 is 0 Å². The number of ether oxygens (including phenoxy) is 4. The van der Waals surface area contributed by atoms with Crippen molar-refractivity contribution in [1.29, 1.82) is 0 Å². The number of rotatable bonds is 8. The molecule has 14 nitrogen and oxygen atoms in total. The first-order valence-corrected chi connectivity index (χ1v) is 8.77. The van der Waals surface area contributed by atoms with Gasteiger partial charge in [0.05, 0.1) is 32.4 Å². The minimum atomic E-state index is -2.82. The maximum Gasteiger partial charge on any atom is 0.432 e. The van der Waals surface area contributed by atoms with Gasteiger partial charge >= 0.3 is 29.8 Å². The zero-order valence-electron chi connectivity index (χ0n) is 17.2. The molecule has 0 aromatic heterocycles. The number of nitrogens with one attached hydrogen (secondary N) is 2. The van der Waals surface area contributed by atoms with Crippen LogP contribution in [0.3, 0.4) is 0 Å². The average molecular weight is 442 g/mol. The van der Waals surface area contributed by atoms with Gasteiger partial charge in [-0.25, -0.2) is 24.6 Å². The number of benzene rings is 1. The third kappa shape index (κ3) is 5.71. The van der Waals surface area contributed by atoms with Crippen LogP contribution < -0.4 is 10.7 Å². The summed E-state index contributed by atoms with van der Waals surface area (Å²) in [5, 5.41) is 13.5. The maximum absolute atomic E-state index is 12.8. The summed E-state index contributed by atoms with van der Waals surface area (Å²) in [6.45, 7) is 2.65. The maximum atomic E-state index is 12.8. The highest BCUT2D eigenvalue weighted by Crippen LogP contribution is 2.25. The molecule has 0 saturated heterocycles. The van der Waals surface area contributed by atoms with Gasteiger partial charge in [0.1, 0.15) is 0 Å². The van der Waals surface area contributed by atoms with Crippen LogP contribution in [0.25, 0.3) is 0 Å². The molecule has 31 heavy (non-hydrogen) atoms. The number of anilines is 1. The van der Waals surface area contributed by atoms with Gasteiger partial charge in [0.2, 0.25) is 0 Å². The number of hydrogen-bond acceptors (Lipinski definition) is 11. The van der Waals surface area contributed by atoms with Gasteiger partial charge in [-0.1, -0.05) is 0 Å². The SMILES string of the molecule is CCOC(=O)NN(C(=O)OCC)C(Nc1ccc([N+](=O)[O-])cc1)(C(=O)OC)C(=O)OC. The molecule has 0 atom stereocenters. The number of amides is 2. The molecule has 0 bridgehead atoms. The largest absolute Gasteiger partial charge is 0.465 e. The van der Waals surface area contributed by atoms with Crippen LogP contribution in [-0.2, 0) is 28.5 Å². The molecule has 170 valence electrons. The van der Waals surface area contributed by atoms with Crippen molar-refractivity contribution in [2.75, 3.05) is 32.8 Å². The summed E-state index contributed by atoms with van der Waals surface area (Å²) in [7, 11) is 1.84. The molecule has 14 heteroatoms. The number of carbonyl (C=O) groups is 4. The molecule has 2 N–H and O–H groups in total. The van der Waals surface area contributed by atoms with Gasteiger partial charge in [-0.2, -0.15) is 5.01 Å². The Kier molecular flexibility index (Phi) is 8.99. The number of esters is 2. The molecular weight excluding hydrogens is 420 g/mol. The first kappa shape index (κ1) is 24.9. The van der Waals surface area contributed by atoms with Crippen molar-refractivity contribution in [2.45, 2.75) is 19.5 Å². The van der Waals surface area contributed by atoms with E-state index in [0.29, 0.717) is 0 Å². The first-order valence-electron chi connectivity index (χ1n) is 8.77. The lowest BCUT2D eigenvalue weighted by molar-refractivity contribution is -0.384. The number of carbonyl (C=O) groups excluding carboxylic acids is 4. The van der Waals surface area contributed by atoms with Gasteiger partial charge in [-0.05, 0) is 26.0 Å². The Balaban J connectivity index is 3.62. The molecule has 1 aromatic rings. The second-order valence-electron chi connectivity index (χ2n) is 5.49. The smallest absolute Gasteiger partial charge is 0.432 e. The molecule has 0 aliphatic heterocycles. The molecule has 0 unspecified atom stereocenters. The molecule has 0 aliphatic rings. The molecular formula is C17H22N4O10. The van der Waals surface area contributed by atoms with Crippen LogP contribution in [-0.4, -0.2) is 67.2 Å². The highest BCUT2D eigenvalue weighted by Gasteiger charge is 2.58. The number of methoxy groups -OCH3 is 2. The van der Waals surface area contributed by atoms with Crippen molar-refractivity contribution >= 4 is 35.5 Å². The van der Waals surface area contributed by atoms with Crippen LogP contribution in [0, 0.1) is 10.1 Å². The minimum absolute atomic E-state index is 0.0404. The summed E-state index contributed by atoms with van der Waals surface area (Å²) >= 11 is 0. The lowest BCUT2D eigenvalue weighted by Gasteiger charge is -2.38. The number of nitro benzene ring substituents is 1. The number of hydrogen-bond donors (Lipinski definition) is 2. The Hall–Kier alpha value is -4.10. The fraction of sp³-hybridized carbons (Fsp3) is 0.412. The van der Waals surface area contributed by atoms with Gasteiger partial charge in [0, 0.05) is 17.8 Å². The summed E-state index contributed by atoms with van der Waals surface area (Å²) < 4.78 is 18.9. The van der Waals surface area contributed by atoms with Crippen molar-refractivity contribution in [3.8, 4) is 0 Å². The lowest BCUT2D eigenvalue weighted by Crippen LogP contribution is -2.72. The standard InChI is InChI=1S/C17H22N4O10/c1-5-30-15(24)19-20(16(25)31-6-2)17(13(22)28-3,14(23)29-4)18-11-7-9-12(10-8-11)21(26)27/h7-10,18H,5-6H2,1-4H3,(H,19,24). The molecule has 0 spiro atoms. The van der Waals surface area contributed by atoms with Crippen molar-refractivity contribution in [3.63, 3.8) is 0 Å². The van der Waals surface area contributed by atoms with Gasteiger partial charge < -0.3 is 24.3 Å². The van der Waals surface area contributed by atoms with E-state index in [1.54, 1.807) is 0 Å². The average Bonchev–Trinajstić information content (AvgIpc) is 2.75. The predicted octanol–water partition coefficient (Wildman–Crippen LogP) is 1.17. The zero-order chi connectivity index (χ0) is 23.6. The van der Waals surface area contributed by atoms with Gasteiger partial charge in [0.25, 0.3) is 5.69 Å². The molecule has 1 aromatic carbocycles. The normalized spacial score (nSPS) is 10.3. The van der Waals surface area contributed by atoms with Crippen molar-refractivity contribution < 1.29 is 43.0 Å². The van der Waals surface area contributed by atoms with Gasteiger partial charge in [-0.3, -0.25) is 10.1 Å². The molecule has 0 heterocycles. The zero-order valence-corrected chi connectivity index (χ0v) is 17.2. The topological polar surface area (TPSA) is 176 Å². The number of nitro groups is 1. The molecule has 0 fully saturated rings. The highest BCUT2D eigenvalue weighted by molar-refractivity contribution is 6.09. The Morgan fingerprint density at radius 3 is 1.94 bits per heavy atom. The summed E-state index contributed by atoms with van der Waals surface area (Å²) in [6, 6.07) is 4.48. The summed E-state index contributed by atoms with van der Waals surface area (Å²) in [6.07, 6.45) is -2.53. The van der Waals surface area contributed by atoms with Crippen molar-refractivity contribution in [1.82, 2.24) is 10.4 Å². The lowest BCUT2D eigenvalue weighted by atomic mass is 10.1. The summed E-state index contributed by atoms with van der Waals surface area (Å²) in [5.41, 5.74) is -1.19. The van der Waals surface area contributed by atoms with E-state index in [4.69, 9.17) is 9.47 Å². The quantitative estimate of drug-likeness (QED) is 0.147. The fourth-order valence-electron chi connectivity index (χ4n) is 2.30. The second kappa shape index (κ2) is 11.2. The van der Waals surface area contributed by atoms with Crippen LogP contribution in [0.4, 0.5) is 21.0 Å². The Morgan fingerprint density at radius 2 is 1.52 bits per heavy atom. The summed E-state index contributed by atoms with van der Waals surface area (Å²) in [4.78, 5) is 60.3. The van der Waals surface area contributed by atoms with Crippen LogP contribution in [0.5, 0.6) is 0 Å². The molecule has 0 radical (unpaired) electrons. The monoisotopic (exact) mass is 442 g/mol. The third-order valence-corrected chi connectivity index (χ3v) is 3.63. The van der Waals surface area contributed by atoms with E-state index in [9.17, 15) is 29.3 Å². The van der Waals surface area contributed by atoms with Crippen molar-refractivity contribution in [3.05, 3.63) is 34.4 Å². The Morgan fingerprint density at radius 1 is 1.00 bits per heavy atom. The predicted molar refractivity (Wildman–Crippen MR) is 103 cm³/mol. The van der Waals surface area contributed by atoms with Crippen molar-refractivity contribution in [2.24, 2.45) is 0 Å². The van der Waals surface area contributed by atoms with Crippen LogP contribution >= 0.6 is 0 Å². The second-order valence-corrected chi connectivity index (χ2v) is 5.49.